The maximum atomic E-state index is 14.5. The minimum absolute atomic E-state index is 0.0198. The third-order valence-corrected chi connectivity index (χ3v) is 7.01. The Hall–Kier alpha value is -2.55. The van der Waals surface area contributed by atoms with Crippen LogP contribution in [0.25, 0.3) is 16.7 Å². The Morgan fingerprint density at radius 1 is 0.860 bits per heavy atom. The molecular formula is C27H27Cl4F3N4O5. The van der Waals surface area contributed by atoms with Gasteiger partial charge in [-0.3, -0.25) is 20.3 Å². The highest BCUT2D eigenvalue weighted by Gasteiger charge is 2.24. The molecule has 1 aromatic heterocycles. The zero-order chi connectivity index (χ0) is 31.5. The van der Waals surface area contributed by atoms with Crippen LogP contribution in [0, 0.1) is 5.95 Å². The van der Waals surface area contributed by atoms with Crippen LogP contribution in [-0.2, 0) is 32.1 Å². The fourth-order valence-corrected chi connectivity index (χ4v) is 4.94. The lowest BCUT2D eigenvalue weighted by atomic mass is 10.1. The van der Waals surface area contributed by atoms with Crippen molar-refractivity contribution in [3.05, 3.63) is 84.4 Å². The van der Waals surface area contributed by atoms with E-state index < -0.39 is 29.1 Å². The number of aromatic nitrogens is 2. The molecule has 3 heterocycles. The molecule has 1 fully saturated rings. The third kappa shape index (κ3) is 9.47. The van der Waals surface area contributed by atoms with E-state index >= 15 is 0 Å². The van der Waals surface area contributed by atoms with E-state index in [1.165, 1.54) is 33.6 Å². The topological polar surface area (TPSA) is 95.8 Å². The minimum Gasteiger partial charge on any atom is -0.465 e. The number of ether oxygens (including phenoxy) is 3. The van der Waals surface area contributed by atoms with Gasteiger partial charge in [-0.05, 0) is 24.3 Å². The lowest BCUT2D eigenvalue weighted by molar-refractivity contribution is -0.133. The number of hydrogen-bond donors (Lipinski definition) is 2. The Labute approximate surface area is 264 Å². The minimum atomic E-state index is -2.16. The van der Waals surface area contributed by atoms with Crippen molar-refractivity contribution in [1.82, 2.24) is 20.2 Å². The van der Waals surface area contributed by atoms with Crippen LogP contribution in [0.3, 0.4) is 0 Å². The van der Waals surface area contributed by atoms with Crippen molar-refractivity contribution < 1.29 is 32.2 Å². The van der Waals surface area contributed by atoms with Gasteiger partial charge in [-0.2, -0.15) is 13.2 Å². The molecule has 0 radical (unpaired) electrons. The van der Waals surface area contributed by atoms with Crippen molar-refractivity contribution in [2.75, 3.05) is 46.6 Å². The average molecular weight is 686 g/mol. The first-order valence-corrected chi connectivity index (χ1v) is 14.2. The predicted octanol–water partition coefficient (Wildman–Crippen LogP) is 5.68. The quantitative estimate of drug-likeness (QED) is 0.271. The summed E-state index contributed by atoms with van der Waals surface area (Å²) in [4.78, 5) is 23.5. The van der Waals surface area contributed by atoms with Gasteiger partial charge in [-0.1, -0.05) is 58.5 Å². The normalized spacial score (nSPS) is 14.5. The summed E-state index contributed by atoms with van der Waals surface area (Å²) in [6, 6.07) is 8.49. The van der Waals surface area contributed by atoms with Crippen LogP contribution in [0.5, 0.6) is 0 Å². The summed E-state index contributed by atoms with van der Waals surface area (Å²) in [7, 11) is 1.01. The standard InChI is InChI=1S/C13H11Cl2FN2O2.C10H6Cl2F2O2.C4H10N2O/c14-8-1-2-9(10(15)7-8)11-12(16)17-3-5-20-6-4-18(17)13(11)19;1-16-10(15)8(9(13)14)6-3-2-5(11)4-7(6)12;1-3-7-4-2-6-5-1/h1-2,7H,3-6H2;2-4H,1H3;5-6H,1-4H2. The monoisotopic (exact) mass is 684 g/mol. The molecule has 9 nitrogen and oxygen atoms in total. The molecule has 2 aliphatic rings. The molecule has 16 heteroatoms. The van der Waals surface area contributed by atoms with E-state index in [0.29, 0.717) is 36.9 Å². The van der Waals surface area contributed by atoms with Crippen molar-refractivity contribution in [2.24, 2.45) is 0 Å². The summed E-state index contributed by atoms with van der Waals surface area (Å²) in [5.41, 5.74) is 4.90. The second kappa shape index (κ2) is 17.1. The number of hydrazine groups is 1. The van der Waals surface area contributed by atoms with Crippen LogP contribution in [0.2, 0.25) is 20.1 Å². The molecule has 5 rings (SSSR count). The van der Waals surface area contributed by atoms with E-state index in [1.807, 2.05) is 0 Å². The Bertz CT molecular complexity index is 1490. The maximum Gasteiger partial charge on any atom is 0.344 e. The van der Waals surface area contributed by atoms with Gasteiger partial charge in [0, 0.05) is 34.3 Å². The Morgan fingerprint density at radius 2 is 1.42 bits per heavy atom. The molecule has 3 aromatic rings. The van der Waals surface area contributed by atoms with Crippen molar-refractivity contribution in [1.29, 1.82) is 0 Å². The van der Waals surface area contributed by atoms with Gasteiger partial charge >= 0.3 is 5.97 Å². The summed E-state index contributed by atoms with van der Waals surface area (Å²) in [5.74, 6) is -1.74. The molecule has 234 valence electrons. The highest BCUT2D eigenvalue weighted by molar-refractivity contribution is 6.37. The number of benzene rings is 2. The van der Waals surface area contributed by atoms with Crippen LogP contribution in [0.1, 0.15) is 5.56 Å². The lowest BCUT2D eigenvalue weighted by Gasteiger charge is -2.06. The molecule has 0 bridgehead atoms. The number of carbonyl (C=O) groups is 1. The van der Waals surface area contributed by atoms with Gasteiger partial charge in [0.25, 0.3) is 11.6 Å². The van der Waals surface area contributed by atoms with Crippen molar-refractivity contribution >= 4 is 57.9 Å². The SMILES string of the molecule is C1COCCNN1.COC(=O)C(=C(F)F)c1ccc(Cl)cc1Cl.O=c1c(-c2ccc(Cl)cc2Cl)c(F)n2n1CCOCC2. The first kappa shape index (κ1) is 34.9. The fraction of sp³-hybridized carbons (Fsp3) is 0.333. The molecule has 2 N–H and O–H groups in total. The van der Waals surface area contributed by atoms with E-state index in [1.54, 1.807) is 12.1 Å². The summed E-state index contributed by atoms with van der Waals surface area (Å²) in [5, 5.41) is 0.942. The second-order valence-corrected chi connectivity index (χ2v) is 10.4. The third-order valence-electron chi connectivity index (χ3n) is 5.91. The first-order chi connectivity index (χ1) is 20.6. The number of esters is 1. The van der Waals surface area contributed by atoms with Crippen LogP contribution < -0.4 is 16.4 Å². The summed E-state index contributed by atoms with van der Waals surface area (Å²) in [6.07, 6.45) is -2.16. The molecular weight excluding hydrogens is 659 g/mol. The lowest BCUT2D eigenvalue weighted by Crippen LogP contribution is -2.32. The average Bonchev–Trinajstić information content (AvgIpc) is 3.31. The summed E-state index contributed by atoms with van der Waals surface area (Å²) >= 11 is 23.2. The smallest absolute Gasteiger partial charge is 0.344 e. The Kier molecular flexibility index (Phi) is 13.9. The van der Waals surface area contributed by atoms with Crippen molar-refractivity contribution in [3.8, 4) is 11.1 Å². The number of methoxy groups -OCH3 is 1. The maximum absolute atomic E-state index is 14.5. The zero-order valence-corrected chi connectivity index (χ0v) is 25.7. The van der Waals surface area contributed by atoms with Gasteiger partial charge in [0.2, 0.25) is 5.95 Å². The largest absolute Gasteiger partial charge is 0.465 e. The predicted molar refractivity (Wildman–Crippen MR) is 159 cm³/mol. The van der Waals surface area contributed by atoms with Gasteiger partial charge in [0.05, 0.1) is 56.7 Å². The molecule has 2 aromatic carbocycles. The van der Waals surface area contributed by atoms with Gasteiger partial charge < -0.3 is 14.2 Å². The molecule has 0 aliphatic carbocycles. The summed E-state index contributed by atoms with van der Waals surface area (Å²) in [6.45, 7) is 4.86. The van der Waals surface area contributed by atoms with Gasteiger partial charge in [-0.25, -0.2) is 9.48 Å². The molecule has 0 saturated carbocycles. The number of nitrogens with one attached hydrogen (secondary N) is 2. The van der Waals surface area contributed by atoms with E-state index in [2.05, 4.69) is 15.6 Å². The van der Waals surface area contributed by atoms with Crippen molar-refractivity contribution in [2.45, 2.75) is 13.1 Å². The van der Waals surface area contributed by atoms with Crippen LogP contribution in [0.15, 0.2) is 47.3 Å². The van der Waals surface area contributed by atoms with Gasteiger partial charge in [0.15, 0.2) is 0 Å². The van der Waals surface area contributed by atoms with E-state index in [4.69, 9.17) is 55.9 Å². The Morgan fingerprint density at radius 3 is 1.98 bits per heavy atom. The van der Waals surface area contributed by atoms with Gasteiger partial charge in [0.1, 0.15) is 11.1 Å². The number of hydrogen-bond acceptors (Lipinski definition) is 7. The van der Waals surface area contributed by atoms with Crippen LogP contribution in [-0.4, -0.2) is 62.0 Å². The van der Waals surface area contributed by atoms with E-state index in [9.17, 15) is 22.8 Å². The molecule has 0 spiro atoms. The molecule has 0 atom stereocenters. The van der Waals surface area contributed by atoms with Crippen LogP contribution >= 0.6 is 46.4 Å². The molecule has 43 heavy (non-hydrogen) atoms. The highest BCUT2D eigenvalue weighted by Crippen LogP contribution is 2.31. The molecule has 2 aliphatic heterocycles. The van der Waals surface area contributed by atoms with Gasteiger partial charge in [-0.15, -0.1) is 0 Å². The number of rotatable bonds is 3. The Balaban J connectivity index is 0.000000196. The molecule has 0 unspecified atom stereocenters. The zero-order valence-electron chi connectivity index (χ0n) is 22.7. The number of nitrogens with zero attached hydrogens (tertiary/aromatic N) is 2. The first-order valence-electron chi connectivity index (χ1n) is 12.7. The molecule has 1 saturated heterocycles. The number of fused-ring (bicyclic) bond motifs is 1. The highest BCUT2D eigenvalue weighted by atomic mass is 35.5. The second-order valence-electron chi connectivity index (χ2n) is 8.67. The number of carbonyl (C=O) groups excluding carboxylic acids is 1. The summed E-state index contributed by atoms with van der Waals surface area (Å²) < 4.78 is 56.9. The molecule has 0 amide bonds. The number of halogens is 7. The fourth-order valence-electron chi connectivity index (χ4n) is 3.93. The van der Waals surface area contributed by atoms with Crippen molar-refractivity contribution in [3.63, 3.8) is 0 Å². The van der Waals surface area contributed by atoms with E-state index in [-0.39, 0.29) is 26.2 Å². The van der Waals surface area contributed by atoms with Crippen LogP contribution in [0.4, 0.5) is 13.2 Å². The van der Waals surface area contributed by atoms with E-state index in [0.717, 1.165) is 33.4 Å².